The van der Waals surface area contributed by atoms with Crippen molar-refractivity contribution in [2.45, 2.75) is 26.7 Å². The number of aromatic hydroxyl groups is 1. The Morgan fingerprint density at radius 2 is 1.75 bits per heavy atom. The molecule has 1 aromatic carbocycles. The minimum Gasteiger partial charge on any atom is -0.508 e. The summed E-state index contributed by atoms with van der Waals surface area (Å²) in [6.07, 6.45) is 0. The lowest BCUT2D eigenvalue weighted by Crippen LogP contribution is -1.87. The molecule has 0 heterocycles. The number of rotatable bonds is 1. The second-order valence-corrected chi connectivity index (χ2v) is 3.26. The number of halogens is 1. The zero-order chi connectivity index (χ0) is 8.43. The van der Waals surface area contributed by atoms with Gasteiger partial charge in [-0.3, -0.25) is 0 Å². The molecule has 0 aromatic heterocycles. The van der Waals surface area contributed by atoms with Gasteiger partial charge in [0, 0.05) is 0 Å². The average molecular weight is 187 g/mol. The van der Waals surface area contributed by atoms with Crippen molar-refractivity contribution in [3.63, 3.8) is 0 Å². The molecule has 0 aliphatic rings. The van der Waals surface area contributed by atoms with Crippen molar-refractivity contribution in [3.05, 3.63) is 29.3 Å². The molecule has 0 atom stereocenters. The van der Waals surface area contributed by atoms with Gasteiger partial charge in [-0.2, -0.15) is 0 Å². The number of phenolic OH excluding ortho intramolecular Hbond substituents is 1. The topological polar surface area (TPSA) is 20.2 Å². The first-order chi connectivity index (χ1) is 5.09. The normalized spacial score (nSPS) is 9.67. The lowest BCUT2D eigenvalue weighted by molar-refractivity contribution is 0.473. The Kier molecular flexibility index (Phi) is 4.11. The van der Waals surface area contributed by atoms with Crippen molar-refractivity contribution in [3.8, 4) is 5.75 Å². The van der Waals surface area contributed by atoms with Gasteiger partial charge in [0.1, 0.15) is 5.75 Å². The Hall–Kier alpha value is -0.690. The molecule has 1 aromatic rings. The third kappa shape index (κ3) is 2.74. The Bertz CT molecular complexity index is 236. The zero-order valence-electron chi connectivity index (χ0n) is 7.66. The van der Waals surface area contributed by atoms with E-state index < -0.39 is 0 Å². The maximum atomic E-state index is 9.24. The van der Waals surface area contributed by atoms with E-state index in [9.17, 15) is 5.11 Å². The van der Waals surface area contributed by atoms with E-state index in [1.165, 1.54) is 5.56 Å². The lowest BCUT2D eigenvalue weighted by atomic mass is 10.0. The molecule has 12 heavy (non-hydrogen) atoms. The van der Waals surface area contributed by atoms with E-state index in [4.69, 9.17) is 0 Å². The second-order valence-electron chi connectivity index (χ2n) is 3.26. The summed E-state index contributed by atoms with van der Waals surface area (Å²) in [6, 6.07) is 5.69. The van der Waals surface area contributed by atoms with Crippen molar-refractivity contribution in [2.75, 3.05) is 0 Å². The summed E-state index contributed by atoms with van der Waals surface area (Å²) in [5.74, 6) is 0.856. The minimum absolute atomic E-state index is 0. The van der Waals surface area contributed by atoms with E-state index in [0.717, 1.165) is 5.56 Å². The van der Waals surface area contributed by atoms with Gasteiger partial charge in [0.05, 0.1) is 0 Å². The van der Waals surface area contributed by atoms with E-state index in [1.54, 1.807) is 6.07 Å². The Morgan fingerprint density at radius 3 is 2.17 bits per heavy atom. The Balaban J connectivity index is 0.00000121. The highest BCUT2D eigenvalue weighted by Crippen LogP contribution is 2.21. The number of phenols is 1. The molecule has 0 fully saturated rings. The molecule has 0 aliphatic carbocycles. The van der Waals surface area contributed by atoms with Gasteiger partial charge < -0.3 is 5.11 Å². The highest BCUT2D eigenvalue weighted by atomic mass is 35.5. The third-order valence-corrected chi connectivity index (χ3v) is 1.75. The average Bonchev–Trinajstić information content (AvgIpc) is 1.85. The standard InChI is InChI=1S/C10H14O.ClH/c1-7(2)9-4-8(3)5-10(11)6-9;/h4-7,11H,1-3H3;1H. The molecule has 0 bridgehead atoms. The molecule has 0 aliphatic heterocycles. The zero-order valence-corrected chi connectivity index (χ0v) is 8.48. The van der Waals surface area contributed by atoms with Crippen LogP contribution in [0.3, 0.4) is 0 Å². The van der Waals surface area contributed by atoms with Crippen LogP contribution < -0.4 is 0 Å². The molecule has 1 nitrogen and oxygen atoms in total. The largest absolute Gasteiger partial charge is 0.508 e. The first kappa shape index (κ1) is 11.3. The molecule has 0 spiro atoms. The van der Waals surface area contributed by atoms with Crippen LogP contribution in [0.1, 0.15) is 30.9 Å². The third-order valence-electron chi connectivity index (χ3n) is 1.75. The van der Waals surface area contributed by atoms with E-state index in [0.29, 0.717) is 11.7 Å². The van der Waals surface area contributed by atoms with E-state index >= 15 is 0 Å². The molecule has 0 unspecified atom stereocenters. The fourth-order valence-corrected chi connectivity index (χ4v) is 1.13. The van der Waals surface area contributed by atoms with Gasteiger partial charge in [-0.25, -0.2) is 0 Å². The monoisotopic (exact) mass is 186 g/mol. The first-order valence-corrected chi connectivity index (χ1v) is 3.90. The highest BCUT2D eigenvalue weighted by Gasteiger charge is 2.00. The summed E-state index contributed by atoms with van der Waals surface area (Å²) >= 11 is 0. The molecular formula is C10H15ClO. The Morgan fingerprint density at radius 1 is 1.17 bits per heavy atom. The van der Waals surface area contributed by atoms with Crippen LogP contribution in [-0.2, 0) is 0 Å². The van der Waals surface area contributed by atoms with Gasteiger partial charge in [-0.15, -0.1) is 12.4 Å². The van der Waals surface area contributed by atoms with E-state index in [-0.39, 0.29) is 12.4 Å². The number of benzene rings is 1. The maximum Gasteiger partial charge on any atom is 0.116 e. The van der Waals surface area contributed by atoms with Gasteiger partial charge in [0.25, 0.3) is 0 Å². The summed E-state index contributed by atoms with van der Waals surface area (Å²) in [5, 5.41) is 9.24. The highest BCUT2D eigenvalue weighted by molar-refractivity contribution is 5.85. The fraction of sp³-hybridized carbons (Fsp3) is 0.400. The van der Waals surface area contributed by atoms with Gasteiger partial charge in [-0.1, -0.05) is 19.9 Å². The van der Waals surface area contributed by atoms with Crippen molar-refractivity contribution < 1.29 is 5.11 Å². The summed E-state index contributed by atoms with van der Waals surface area (Å²) < 4.78 is 0. The Labute approximate surface area is 79.8 Å². The van der Waals surface area contributed by atoms with Crippen molar-refractivity contribution >= 4 is 12.4 Å². The van der Waals surface area contributed by atoms with Crippen LogP contribution in [0.5, 0.6) is 5.75 Å². The number of hydrogen-bond acceptors (Lipinski definition) is 1. The number of aryl methyl sites for hydroxylation is 1. The van der Waals surface area contributed by atoms with Crippen molar-refractivity contribution in [1.82, 2.24) is 0 Å². The van der Waals surface area contributed by atoms with Crippen LogP contribution in [0.4, 0.5) is 0 Å². The predicted octanol–water partition coefficient (Wildman–Crippen LogP) is 3.25. The molecule has 68 valence electrons. The van der Waals surface area contributed by atoms with Gasteiger partial charge in [-0.05, 0) is 36.1 Å². The summed E-state index contributed by atoms with van der Waals surface area (Å²) in [7, 11) is 0. The minimum atomic E-state index is 0. The SMILES string of the molecule is Cc1cc(O)cc(C(C)C)c1.Cl. The van der Waals surface area contributed by atoms with Crippen LogP contribution in [0, 0.1) is 6.92 Å². The first-order valence-electron chi connectivity index (χ1n) is 3.90. The van der Waals surface area contributed by atoms with Crippen molar-refractivity contribution in [2.24, 2.45) is 0 Å². The van der Waals surface area contributed by atoms with Gasteiger partial charge in [0.15, 0.2) is 0 Å². The van der Waals surface area contributed by atoms with E-state index in [2.05, 4.69) is 19.9 Å². The summed E-state index contributed by atoms with van der Waals surface area (Å²) in [5.41, 5.74) is 2.32. The van der Waals surface area contributed by atoms with Crippen LogP contribution in [0.25, 0.3) is 0 Å². The van der Waals surface area contributed by atoms with Gasteiger partial charge in [0.2, 0.25) is 0 Å². The molecular weight excluding hydrogens is 172 g/mol. The smallest absolute Gasteiger partial charge is 0.116 e. The summed E-state index contributed by atoms with van der Waals surface area (Å²) in [6.45, 7) is 6.23. The molecule has 0 amide bonds. The maximum absolute atomic E-state index is 9.24. The van der Waals surface area contributed by atoms with Crippen LogP contribution in [0.15, 0.2) is 18.2 Å². The molecule has 1 rings (SSSR count). The van der Waals surface area contributed by atoms with Crippen LogP contribution >= 0.6 is 12.4 Å². The van der Waals surface area contributed by atoms with E-state index in [1.807, 2.05) is 13.0 Å². The quantitative estimate of drug-likeness (QED) is 0.714. The molecule has 0 radical (unpaired) electrons. The van der Waals surface area contributed by atoms with Crippen molar-refractivity contribution in [1.29, 1.82) is 0 Å². The molecule has 0 saturated heterocycles. The molecule has 0 saturated carbocycles. The van der Waals surface area contributed by atoms with Crippen LogP contribution in [0.2, 0.25) is 0 Å². The van der Waals surface area contributed by atoms with Crippen LogP contribution in [-0.4, -0.2) is 5.11 Å². The second kappa shape index (κ2) is 4.36. The van der Waals surface area contributed by atoms with Gasteiger partial charge >= 0.3 is 0 Å². The fourth-order valence-electron chi connectivity index (χ4n) is 1.13. The molecule has 2 heteroatoms. The lowest BCUT2D eigenvalue weighted by Gasteiger charge is -2.06. The molecule has 1 N–H and O–H groups in total. The summed E-state index contributed by atoms with van der Waals surface area (Å²) in [4.78, 5) is 0. The predicted molar refractivity (Wildman–Crippen MR) is 54.2 cm³/mol. The number of hydrogen-bond donors (Lipinski definition) is 1.